The fraction of sp³-hybridized carbons (Fsp3) is 0.222. The van der Waals surface area contributed by atoms with Gasteiger partial charge in [-0.1, -0.05) is 17.7 Å². The van der Waals surface area contributed by atoms with Gasteiger partial charge in [0.15, 0.2) is 5.69 Å². The maximum atomic E-state index is 13.4. The van der Waals surface area contributed by atoms with Gasteiger partial charge in [-0.15, -0.1) is 0 Å². The Labute approximate surface area is 218 Å². The van der Waals surface area contributed by atoms with Crippen LogP contribution in [0.25, 0.3) is 21.8 Å². The van der Waals surface area contributed by atoms with E-state index in [4.69, 9.17) is 11.6 Å². The van der Waals surface area contributed by atoms with E-state index in [-0.39, 0.29) is 22.4 Å². The van der Waals surface area contributed by atoms with Gasteiger partial charge in [-0.2, -0.15) is 5.10 Å². The number of anilines is 2. The van der Waals surface area contributed by atoms with Gasteiger partial charge in [-0.25, -0.2) is 9.67 Å². The highest BCUT2D eigenvalue weighted by atomic mass is 35.5. The Bertz CT molecular complexity index is 1710. The van der Waals surface area contributed by atoms with Crippen molar-refractivity contribution in [3.8, 4) is 0 Å². The second-order valence-corrected chi connectivity index (χ2v) is 9.31. The lowest BCUT2D eigenvalue weighted by molar-refractivity contribution is 0.102. The van der Waals surface area contributed by atoms with E-state index in [2.05, 4.69) is 31.8 Å². The number of hydrogen-bond donors (Lipinski definition) is 2. The first kappa shape index (κ1) is 24.5. The highest BCUT2D eigenvalue weighted by Gasteiger charge is 2.21. The average molecular weight is 516 g/mol. The topological polar surface area (TPSA) is 107 Å². The zero-order valence-corrected chi connectivity index (χ0v) is 21.7. The zero-order valence-electron chi connectivity index (χ0n) is 20.9. The Balaban J connectivity index is 1.61. The first-order valence-electron chi connectivity index (χ1n) is 11.9. The van der Waals surface area contributed by atoms with Crippen LogP contribution in [0.3, 0.4) is 0 Å². The third-order valence-electron chi connectivity index (χ3n) is 6.40. The van der Waals surface area contributed by atoms with Crippen LogP contribution in [0.1, 0.15) is 41.5 Å². The molecule has 0 fully saturated rings. The van der Waals surface area contributed by atoms with Crippen LogP contribution in [0.15, 0.2) is 59.8 Å². The molecule has 188 valence electrons. The Morgan fingerprint density at radius 3 is 2.62 bits per heavy atom. The Morgan fingerprint density at radius 2 is 1.89 bits per heavy atom. The fourth-order valence-electron chi connectivity index (χ4n) is 4.70. The predicted molar refractivity (Wildman–Crippen MR) is 146 cm³/mol. The number of carbonyl (C=O) groups is 1. The summed E-state index contributed by atoms with van der Waals surface area (Å²) in [6, 6.07) is 10.4. The van der Waals surface area contributed by atoms with Gasteiger partial charge in [0.1, 0.15) is 10.8 Å². The van der Waals surface area contributed by atoms with Gasteiger partial charge >= 0.3 is 0 Å². The number of nitrogens with zero attached hydrogens (tertiary/aromatic N) is 5. The van der Waals surface area contributed by atoms with Crippen LogP contribution >= 0.6 is 11.6 Å². The quantitative estimate of drug-likeness (QED) is 0.305. The van der Waals surface area contributed by atoms with E-state index in [1.165, 1.54) is 0 Å². The number of nitrogens with one attached hydrogen (secondary N) is 2. The molecule has 0 saturated carbocycles. The maximum Gasteiger partial charge on any atom is 0.276 e. The minimum atomic E-state index is -0.405. The summed E-state index contributed by atoms with van der Waals surface area (Å²) in [5.74, 6) is -0.405. The smallest absolute Gasteiger partial charge is 0.276 e. The van der Waals surface area contributed by atoms with Crippen LogP contribution in [0.2, 0.25) is 5.15 Å². The SMILES string of the molecule is CCn1ncc2c3c(C(C)Nc4ccc(Cl)nc4C(=O)Nc4ccncc4)cc(C)cc3c(=O)n(C)c21. The van der Waals surface area contributed by atoms with E-state index < -0.39 is 5.91 Å². The van der Waals surface area contributed by atoms with Gasteiger partial charge in [0.2, 0.25) is 0 Å². The van der Waals surface area contributed by atoms with Gasteiger partial charge in [-0.05, 0) is 62.2 Å². The van der Waals surface area contributed by atoms with E-state index in [0.717, 1.165) is 27.5 Å². The summed E-state index contributed by atoms with van der Waals surface area (Å²) in [6.07, 6.45) is 5.00. The van der Waals surface area contributed by atoms with Gasteiger partial charge in [0.25, 0.3) is 11.5 Å². The lowest BCUT2D eigenvalue weighted by atomic mass is 9.95. The van der Waals surface area contributed by atoms with Crippen molar-refractivity contribution in [1.82, 2.24) is 24.3 Å². The third kappa shape index (κ3) is 4.42. The summed E-state index contributed by atoms with van der Waals surface area (Å²) >= 11 is 6.15. The first-order valence-corrected chi connectivity index (χ1v) is 12.3. The number of rotatable bonds is 6. The number of aryl methyl sites for hydroxylation is 3. The molecule has 0 spiro atoms. The summed E-state index contributed by atoms with van der Waals surface area (Å²) in [4.78, 5) is 34.8. The van der Waals surface area contributed by atoms with Gasteiger partial charge in [0.05, 0.1) is 11.9 Å². The summed E-state index contributed by atoms with van der Waals surface area (Å²) in [5, 5.41) is 13.3. The molecule has 0 saturated heterocycles. The van der Waals surface area contributed by atoms with Crippen molar-refractivity contribution in [2.45, 2.75) is 33.4 Å². The molecule has 0 radical (unpaired) electrons. The van der Waals surface area contributed by atoms with Crippen LogP contribution in [0.5, 0.6) is 0 Å². The molecule has 4 heterocycles. The molecule has 4 aromatic heterocycles. The number of fused-ring (bicyclic) bond motifs is 3. The largest absolute Gasteiger partial charge is 0.377 e. The normalized spacial score (nSPS) is 12.1. The highest BCUT2D eigenvalue weighted by molar-refractivity contribution is 6.29. The lowest BCUT2D eigenvalue weighted by Crippen LogP contribution is -2.21. The molecule has 9 nitrogen and oxygen atoms in total. The predicted octanol–water partition coefficient (Wildman–Crippen LogP) is 5.09. The van der Waals surface area contributed by atoms with Gasteiger partial charge in [0, 0.05) is 53.9 Å². The summed E-state index contributed by atoms with van der Waals surface area (Å²) in [5.41, 5.74) is 3.83. The van der Waals surface area contributed by atoms with E-state index in [0.29, 0.717) is 23.3 Å². The van der Waals surface area contributed by atoms with Crippen LogP contribution in [-0.4, -0.2) is 30.2 Å². The molecule has 37 heavy (non-hydrogen) atoms. The third-order valence-corrected chi connectivity index (χ3v) is 6.61. The van der Waals surface area contributed by atoms with E-state index in [1.807, 2.05) is 37.7 Å². The monoisotopic (exact) mass is 515 g/mol. The fourth-order valence-corrected chi connectivity index (χ4v) is 4.85. The van der Waals surface area contributed by atoms with Crippen molar-refractivity contribution in [1.29, 1.82) is 0 Å². The second-order valence-electron chi connectivity index (χ2n) is 8.92. The average Bonchev–Trinajstić information content (AvgIpc) is 3.32. The minimum absolute atomic E-state index is 0.0829. The molecular formula is C27H26ClN7O2. The standard InChI is InChI=1S/C27H26ClN7O2/c1-5-35-26-20(14-30-35)23-18(12-15(2)13-19(23)27(37)34(26)4)16(3)31-21-6-7-22(28)33-24(21)25(36)32-17-8-10-29-11-9-17/h6-14,16,31H,5H2,1-4H3,(H,29,32,36). The summed E-state index contributed by atoms with van der Waals surface area (Å²) in [6.45, 7) is 6.59. The number of halogens is 1. The highest BCUT2D eigenvalue weighted by Crippen LogP contribution is 2.33. The Hall–Kier alpha value is -4.24. The maximum absolute atomic E-state index is 13.4. The van der Waals surface area contributed by atoms with Crippen molar-refractivity contribution in [2.24, 2.45) is 7.05 Å². The van der Waals surface area contributed by atoms with Crippen molar-refractivity contribution in [2.75, 3.05) is 10.6 Å². The molecule has 0 aliphatic carbocycles. The number of benzene rings is 1. The molecule has 0 bridgehead atoms. The molecular weight excluding hydrogens is 490 g/mol. The molecule has 0 aliphatic rings. The minimum Gasteiger partial charge on any atom is -0.377 e. The van der Waals surface area contributed by atoms with Gasteiger partial charge < -0.3 is 10.6 Å². The molecule has 2 N–H and O–H groups in total. The van der Waals surface area contributed by atoms with Crippen molar-refractivity contribution in [3.05, 3.63) is 87.3 Å². The van der Waals surface area contributed by atoms with Crippen LogP contribution in [-0.2, 0) is 13.6 Å². The second kappa shape index (κ2) is 9.67. The Morgan fingerprint density at radius 1 is 1.14 bits per heavy atom. The molecule has 5 aromatic rings. The van der Waals surface area contributed by atoms with Crippen molar-refractivity contribution >= 4 is 50.7 Å². The molecule has 0 aliphatic heterocycles. The molecule has 1 unspecified atom stereocenters. The van der Waals surface area contributed by atoms with E-state index in [1.54, 1.807) is 48.3 Å². The van der Waals surface area contributed by atoms with Crippen LogP contribution < -0.4 is 16.2 Å². The van der Waals surface area contributed by atoms with Crippen molar-refractivity contribution < 1.29 is 4.79 Å². The number of aromatic nitrogens is 5. The summed E-state index contributed by atoms with van der Waals surface area (Å²) in [7, 11) is 1.77. The molecule has 1 atom stereocenters. The molecule has 1 aromatic carbocycles. The summed E-state index contributed by atoms with van der Waals surface area (Å²) < 4.78 is 3.47. The molecule has 1 amide bonds. The molecule has 10 heteroatoms. The Kier molecular flexibility index (Phi) is 6.39. The van der Waals surface area contributed by atoms with Crippen molar-refractivity contribution in [3.63, 3.8) is 0 Å². The first-order chi connectivity index (χ1) is 17.8. The van der Waals surface area contributed by atoms with Crippen LogP contribution in [0, 0.1) is 6.92 Å². The lowest BCUT2D eigenvalue weighted by Gasteiger charge is -2.21. The van der Waals surface area contributed by atoms with Crippen LogP contribution in [0.4, 0.5) is 11.4 Å². The zero-order chi connectivity index (χ0) is 26.3. The van der Waals surface area contributed by atoms with Gasteiger partial charge in [-0.3, -0.25) is 19.1 Å². The number of amides is 1. The molecule has 5 rings (SSSR count). The van der Waals surface area contributed by atoms with E-state index in [9.17, 15) is 9.59 Å². The number of pyridine rings is 3. The van der Waals surface area contributed by atoms with E-state index >= 15 is 0 Å². The number of carbonyl (C=O) groups excluding carboxylic acids is 1. The number of hydrogen-bond acceptors (Lipinski definition) is 6.